The van der Waals surface area contributed by atoms with Gasteiger partial charge in [-0.3, -0.25) is 16.0 Å². The van der Waals surface area contributed by atoms with Crippen LogP contribution in [0.1, 0.15) is 118 Å². The summed E-state index contributed by atoms with van der Waals surface area (Å²) in [6.45, 7) is 4.90. The molecular formula is C44H51N3. The highest BCUT2D eigenvalue weighted by Crippen LogP contribution is 2.56. The van der Waals surface area contributed by atoms with Crippen LogP contribution in [-0.2, 0) is 11.8 Å². The smallest absolute Gasteiger partial charge is 0.0868 e. The number of nitrogens with one attached hydrogen (secondary N) is 3. The highest BCUT2D eigenvalue weighted by atomic mass is 15.4. The minimum Gasteiger partial charge on any atom is -0.282 e. The molecule has 3 N–H and O–H groups in total. The quantitative estimate of drug-likeness (QED) is 0.298. The van der Waals surface area contributed by atoms with Crippen molar-refractivity contribution in [1.82, 2.24) is 16.0 Å². The van der Waals surface area contributed by atoms with Crippen LogP contribution in [0.2, 0.25) is 0 Å². The number of rotatable bonds is 4. The van der Waals surface area contributed by atoms with Crippen LogP contribution in [0.5, 0.6) is 0 Å². The predicted octanol–water partition coefficient (Wildman–Crippen LogP) is 9.72. The molecule has 5 atom stereocenters. The minimum atomic E-state index is -0.0117. The molecule has 2 aromatic rings. The first-order valence-electron chi connectivity index (χ1n) is 18.7. The van der Waals surface area contributed by atoms with Crippen LogP contribution in [0.3, 0.4) is 0 Å². The second kappa shape index (κ2) is 12.0. The summed E-state index contributed by atoms with van der Waals surface area (Å²) in [6.07, 6.45) is 30.1. The zero-order valence-electron chi connectivity index (χ0n) is 28.4. The van der Waals surface area contributed by atoms with Crippen LogP contribution >= 0.6 is 0 Å². The van der Waals surface area contributed by atoms with Crippen molar-refractivity contribution in [1.29, 1.82) is 0 Å². The molecule has 5 unspecified atom stereocenters. The minimum absolute atomic E-state index is 0.0117. The van der Waals surface area contributed by atoms with E-state index in [1.54, 1.807) is 27.9 Å². The monoisotopic (exact) mass is 621 g/mol. The third kappa shape index (κ3) is 5.12. The first kappa shape index (κ1) is 29.9. The van der Waals surface area contributed by atoms with E-state index in [1.807, 2.05) is 0 Å². The normalized spacial score (nSPS) is 31.1. The molecule has 3 nitrogen and oxygen atoms in total. The maximum Gasteiger partial charge on any atom is 0.0868 e. The van der Waals surface area contributed by atoms with E-state index >= 15 is 0 Å². The third-order valence-corrected chi connectivity index (χ3v) is 12.6. The summed E-state index contributed by atoms with van der Waals surface area (Å²) in [5, 5.41) is 12.3. The topological polar surface area (TPSA) is 36.1 Å². The number of allylic oxidation sites excluding steroid dienone is 10. The van der Waals surface area contributed by atoms with E-state index in [1.165, 1.54) is 84.8 Å². The van der Waals surface area contributed by atoms with Crippen LogP contribution < -0.4 is 16.0 Å². The molecule has 0 amide bonds. The van der Waals surface area contributed by atoms with Crippen molar-refractivity contribution in [3.8, 4) is 0 Å². The Morgan fingerprint density at radius 2 is 1.64 bits per heavy atom. The molecule has 2 aromatic carbocycles. The van der Waals surface area contributed by atoms with E-state index in [2.05, 4.69) is 109 Å². The summed E-state index contributed by atoms with van der Waals surface area (Å²) < 4.78 is 0. The molecule has 6 aliphatic carbocycles. The second-order valence-electron chi connectivity index (χ2n) is 15.7. The molecule has 1 saturated heterocycles. The fourth-order valence-electron chi connectivity index (χ4n) is 10.3. The van der Waals surface area contributed by atoms with Crippen molar-refractivity contribution < 1.29 is 0 Å². The van der Waals surface area contributed by atoms with Gasteiger partial charge in [0.2, 0.25) is 0 Å². The molecule has 0 radical (unpaired) electrons. The molecule has 242 valence electrons. The zero-order chi connectivity index (χ0) is 31.5. The number of benzene rings is 2. The lowest BCUT2D eigenvalue weighted by Crippen LogP contribution is -2.66. The lowest BCUT2D eigenvalue weighted by Gasteiger charge is -2.44. The summed E-state index contributed by atoms with van der Waals surface area (Å²) in [5.41, 5.74) is 17.0. The Morgan fingerprint density at radius 1 is 0.745 bits per heavy atom. The Hall–Kier alpha value is -3.24. The Bertz CT molecular complexity index is 1780. The zero-order valence-corrected chi connectivity index (χ0v) is 28.4. The average molecular weight is 622 g/mol. The van der Waals surface area contributed by atoms with Gasteiger partial charge in [0.25, 0.3) is 0 Å². The molecule has 9 rings (SSSR count). The van der Waals surface area contributed by atoms with Gasteiger partial charge in [-0.25, -0.2) is 0 Å². The fraction of sp³-hybridized carbons (Fsp3) is 0.455. The number of aryl methyl sites for hydroxylation is 1. The highest BCUT2D eigenvalue weighted by molar-refractivity contribution is 6.04. The van der Waals surface area contributed by atoms with Crippen molar-refractivity contribution in [3.05, 3.63) is 129 Å². The van der Waals surface area contributed by atoms with E-state index in [0.29, 0.717) is 11.8 Å². The van der Waals surface area contributed by atoms with Crippen LogP contribution in [0.4, 0.5) is 0 Å². The van der Waals surface area contributed by atoms with Crippen molar-refractivity contribution in [2.75, 3.05) is 0 Å². The Labute approximate surface area is 282 Å². The van der Waals surface area contributed by atoms with Crippen LogP contribution in [-0.4, -0.2) is 12.3 Å². The molecule has 1 heterocycles. The molecule has 3 heteroatoms. The fourth-order valence-corrected chi connectivity index (χ4v) is 10.3. The van der Waals surface area contributed by atoms with E-state index in [9.17, 15) is 0 Å². The first-order valence-corrected chi connectivity index (χ1v) is 18.7. The number of fused-ring (bicyclic) bond motifs is 4. The van der Waals surface area contributed by atoms with Crippen molar-refractivity contribution in [2.24, 2.45) is 11.8 Å². The van der Waals surface area contributed by atoms with Crippen molar-refractivity contribution in [2.45, 2.75) is 115 Å². The maximum absolute atomic E-state index is 4.13. The van der Waals surface area contributed by atoms with Gasteiger partial charge in [-0.2, -0.15) is 0 Å². The molecule has 0 bridgehead atoms. The van der Waals surface area contributed by atoms with Gasteiger partial charge in [0, 0.05) is 11.3 Å². The summed E-state index contributed by atoms with van der Waals surface area (Å²) in [6, 6.07) is 16.3. The lowest BCUT2D eigenvalue weighted by molar-refractivity contribution is 0.162. The van der Waals surface area contributed by atoms with Crippen LogP contribution in [0.25, 0.3) is 11.1 Å². The van der Waals surface area contributed by atoms with Gasteiger partial charge in [-0.1, -0.05) is 98.3 Å². The Morgan fingerprint density at radius 3 is 2.51 bits per heavy atom. The van der Waals surface area contributed by atoms with Gasteiger partial charge in [0.1, 0.15) is 0 Å². The number of hydrogen-bond donors (Lipinski definition) is 3. The average Bonchev–Trinajstić information content (AvgIpc) is 3.38. The third-order valence-electron chi connectivity index (χ3n) is 12.6. The maximum atomic E-state index is 4.13. The summed E-state index contributed by atoms with van der Waals surface area (Å²) in [7, 11) is 0. The molecule has 0 saturated carbocycles. The van der Waals surface area contributed by atoms with E-state index in [4.69, 9.17) is 0 Å². The summed E-state index contributed by atoms with van der Waals surface area (Å²) in [5.74, 6) is 1.11. The largest absolute Gasteiger partial charge is 0.282 e. The van der Waals surface area contributed by atoms with E-state index < -0.39 is 0 Å². The molecule has 1 aliphatic heterocycles. The van der Waals surface area contributed by atoms with Crippen LogP contribution in [0.15, 0.2) is 101 Å². The lowest BCUT2D eigenvalue weighted by atomic mass is 9.75. The van der Waals surface area contributed by atoms with Gasteiger partial charge >= 0.3 is 0 Å². The SMILES string of the molecule is CC1(C)C2=C(CCc3ccccc32)c2c(C3NC(C4=CCC(C5=CCCC6=C5CCCC6)C=C4)NC(C4CC=CCC4)N3)cccc21. The van der Waals surface area contributed by atoms with Gasteiger partial charge in [0.05, 0.1) is 18.5 Å². The summed E-state index contributed by atoms with van der Waals surface area (Å²) >= 11 is 0. The molecule has 1 fully saturated rings. The summed E-state index contributed by atoms with van der Waals surface area (Å²) in [4.78, 5) is 0. The van der Waals surface area contributed by atoms with E-state index in [-0.39, 0.29) is 23.9 Å². The molecule has 0 spiro atoms. The molecular weight excluding hydrogens is 571 g/mol. The first-order chi connectivity index (χ1) is 23.1. The molecule has 0 aromatic heterocycles. The Kier molecular flexibility index (Phi) is 7.64. The number of hydrogen-bond acceptors (Lipinski definition) is 3. The predicted molar refractivity (Wildman–Crippen MR) is 195 cm³/mol. The van der Waals surface area contributed by atoms with Crippen molar-refractivity contribution >= 4 is 11.1 Å². The van der Waals surface area contributed by atoms with Crippen LogP contribution in [0, 0.1) is 11.8 Å². The van der Waals surface area contributed by atoms with Gasteiger partial charge in [-0.05, 0) is 139 Å². The van der Waals surface area contributed by atoms with E-state index in [0.717, 1.165) is 25.7 Å². The second-order valence-corrected chi connectivity index (χ2v) is 15.7. The standard InChI is InChI=1S/C44H51N3/c1-44(2)38-21-11-20-37(39(38)36-27-26-29-13-7-9-18-35(29)40(36)44)43-46-41(31-14-4-3-5-15-31)45-42(47-43)32-24-22-30(23-25-32)34-19-10-16-28-12-6-8-17-33(28)34/h3-4,7,9,11,13,18-22,24-25,30-31,41-43,45-47H,5-6,8,10,12,14-17,23,26-27H2,1-2H3. The van der Waals surface area contributed by atoms with Gasteiger partial charge in [0.15, 0.2) is 0 Å². The van der Waals surface area contributed by atoms with Gasteiger partial charge < -0.3 is 0 Å². The van der Waals surface area contributed by atoms with Crippen molar-refractivity contribution in [3.63, 3.8) is 0 Å². The molecule has 47 heavy (non-hydrogen) atoms. The Balaban J connectivity index is 1.05. The van der Waals surface area contributed by atoms with Gasteiger partial charge in [-0.15, -0.1) is 0 Å². The highest BCUT2D eigenvalue weighted by Gasteiger charge is 2.43. The molecule has 7 aliphatic rings.